The summed E-state index contributed by atoms with van der Waals surface area (Å²) in [6.07, 6.45) is 1.49. The Morgan fingerprint density at radius 2 is 2.28 bits per heavy atom. The molecule has 1 saturated heterocycles. The van der Waals surface area contributed by atoms with Gasteiger partial charge in [0.1, 0.15) is 5.82 Å². The van der Waals surface area contributed by atoms with Crippen molar-refractivity contribution in [2.24, 2.45) is 0 Å². The number of morpholine rings is 1. The van der Waals surface area contributed by atoms with E-state index in [4.69, 9.17) is 21.1 Å². The van der Waals surface area contributed by atoms with E-state index < -0.39 is 5.97 Å². The number of halogens is 1. The Bertz CT molecular complexity index is 433. The zero-order valence-electron chi connectivity index (χ0n) is 10.2. The highest BCUT2D eigenvalue weighted by molar-refractivity contribution is 6.33. The summed E-state index contributed by atoms with van der Waals surface area (Å²) in [4.78, 5) is 17.8. The lowest BCUT2D eigenvalue weighted by Crippen LogP contribution is -2.37. The van der Waals surface area contributed by atoms with Crippen molar-refractivity contribution < 1.29 is 14.3 Å². The predicted molar refractivity (Wildman–Crippen MR) is 68.2 cm³/mol. The Morgan fingerprint density at radius 1 is 1.56 bits per heavy atom. The van der Waals surface area contributed by atoms with Crippen molar-refractivity contribution in [1.82, 2.24) is 4.98 Å². The van der Waals surface area contributed by atoms with Gasteiger partial charge in [0.25, 0.3) is 0 Å². The maximum absolute atomic E-state index is 11.5. The smallest absolute Gasteiger partial charge is 0.339 e. The molecule has 0 atom stereocenters. The lowest BCUT2D eigenvalue weighted by atomic mass is 10.2. The zero-order chi connectivity index (χ0) is 13.0. The minimum atomic E-state index is -0.402. The van der Waals surface area contributed by atoms with Crippen LogP contribution in [-0.4, -0.2) is 43.9 Å². The lowest BCUT2D eigenvalue weighted by molar-refractivity contribution is 0.0526. The number of nitrogens with zero attached hydrogens (tertiary/aromatic N) is 2. The average Bonchev–Trinajstić information content (AvgIpc) is 2.40. The molecule has 0 aromatic carbocycles. The van der Waals surface area contributed by atoms with E-state index in [1.165, 1.54) is 6.20 Å². The van der Waals surface area contributed by atoms with E-state index in [9.17, 15) is 4.79 Å². The van der Waals surface area contributed by atoms with Gasteiger partial charge >= 0.3 is 5.97 Å². The van der Waals surface area contributed by atoms with Crippen LogP contribution in [0.5, 0.6) is 0 Å². The summed E-state index contributed by atoms with van der Waals surface area (Å²) in [5.41, 5.74) is 0.374. The summed E-state index contributed by atoms with van der Waals surface area (Å²) >= 11 is 6.15. The number of pyridine rings is 1. The molecule has 2 rings (SSSR count). The van der Waals surface area contributed by atoms with E-state index in [0.717, 1.165) is 13.1 Å². The van der Waals surface area contributed by atoms with Gasteiger partial charge in [-0.25, -0.2) is 9.78 Å². The molecule has 98 valence electrons. The molecule has 1 aromatic heterocycles. The molecule has 1 fully saturated rings. The number of carbonyl (C=O) groups is 1. The van der Waals surface area contributed by atoms with Gasteiger partial charge < -0.3 is 14.4 Å². The molecule has 5 nitrogen and oxygen atoms in total. The Kier molecular flexibility index (Phi) is 4.38. The predicted octanol–water partition coefficient (Wildman–Crippen LogP) is 1.75. The average molecular weight is 271 g/mol. The SMILES string of the molecule is CCOC(=O)c1cnc(N2CCOCC2)c(Cl)c1. The molecule has 6 heteroatoms. The van der Waals surface area contributed by atoms with Crippen LogP contribution >= 0.6 is 11.6 Å². The first-order valence-corrected chi connectivity index (χ1v) is 6.25. The van der Waals surface area contributed by atoms with E-state index in [-0.39, 0.29) is 0 Å². The van der Waals surface area contributed by atoms with Crippen molar-refractivity contribution >= 4 is 23.4 Å². The number of hydrogen-bond donors (Lipinski definition) is 0. The van der Waals surface area contributed by atoms with Gasteiger partial charge in [0, 0.05) is 19.3 Å². The largest absolute Gasteiger partial charge is 0.462 e. The van der Waals surface area contributed by atoms with Crippen LogP contribution in [0.3, 0.4) is 0 Å². The quantitative estimate of drug-likeness (QED) is 0.783. The highest BCUT2D eigenvalue weighted by Gasteiger charge is 2.17. The highest BCUT2D eigenvalue weighted by Crippen LogP contribution is 2.25. The van der Waals surface area contributed by atoms with Crippen molar-refractivity contribution in [1.29, 1.82) is 0 Å². The van der Waals surface area contributed by atoms with Crippen LogP contribution in [0.2, 0.25) is 5.02 Å². The van der Waals surface area contributed by atoms with Gasteiger partial charge in [-0.1, -0.05) is 11.6 Å². The molecule has 2 heterocycles. The third-order valence-electron chi connectivity index (χ3n) is 2.64. The first-order valence-electron chi connectivity index (χ1n) is 5.87. The Balaban J connectivity index is 2.16. The highest BCUT2D eigenvalue weighted by atomic mass is 35.5. The lowest BCUT2D eigenvalue weighted by Gasteiger charge is -2.28. The van der Waals surface area contributed by atoms with Gasteiger partial charge in [-0.3, -0.25) is 0 Å². The van der Waals surface area contributed by atoms with Gasteiger partial charge in [0.05, 0.1) is 30.4 Å². The molecule has 0 unspecified atom stereocenters. The summed E-state index contributed by atoms with van der Waals surface area (Å²) in [6.45, 7) is 4.93. The van der Waals surface area contributed by atoms with Crippen LogP contribution < -0.4 is 4.90 Å². The van der Waals surface area contributed by atoms with Crippen molar-refractivity contribution in [2.45, 2.75) is 6.92 Å². The second-order valence-corrected chi connectivity index (χ2v) is 4.26. The number of aromatic nitrogens is 1. The Labute approximate surface area is 111 Å². The third-order valence-corrected chi connectivity index (χ3v) is 2.92. The summed E-state index contributed by atoms with van der Waals surface area (Å²) in [6, 6.07) is 1.59. The second kappa shape index (κ2) is 6.02. The first kappa shape index (κ1) is 13.1. The molecular weight excluding hydrogens is 256 g/mol. The molecule has 1 aliphatic rings. The van der Waals surface area contributed by atoms with Gasteiger partial charge in [-0.15, -0.1) is 0 Å². The van der Waals surface area contributed by atoms with E-state index in [1.54, 1.807) is 13.0 Å². The van der Waals surface area contributed by atoms with Gasteiger partial charge in [0.2, 0.25) is 0 Å². The fraction of sp³-hybridized carbons (Fsp3) is 0.500. The maximum atomic E-state index is 11.5. The summed E-state index contributed by atoms with van der Waals surface area (Å²) in [7, 11) is 0. The molecule has 0 aliphatic carbocycles. The second-order valence-electron chi connectivity index (χ2n) is 3.85. The van der Waals surface area contributed by atoms with Gasteiger partial charge in [0.15, 0.2) is 0 Å². The van der Waals surface area contributed by atoms with Gasteiger partial charge in [-0.05, 0) is 13.0 Å². The summed E-state index contributed by atoms with van der Waals surface area (Å²) in [5, 5.41) is 0.461. The minimum absolute atomic E-state index is 0.335. The van der Waals surface area contributed by atoms with Crippen molar-refractivity contribution in [2.75, 3.05) is 37.8 Å². The molecule has 0 spiro atoms. The number of rotatable bonds is 3. The number of ether oxygens (including phenoxy) is 2. The van der Waals surface area contributed by atoms with Crippen LogP contribution in [0.25, 0.3) is 0 Å². The topological polar surface area (TPSA) is 51.7 Å². The number of esters is 1. The normalized spacial score (nSPS) is 15.6. The molecule has 0 radical (unpaired) electrons. The Hall–Kier alpha value is -1.33. The molecule has 18 heavy (non-hydrogen) atoms. The number of carbonyl (C=O) groups excluding carboxylic acids is 1. The number of anilines is 1. The molecular formula is C12H15ClN2O3. The van der Waals surface area contributed by atoms with Crippen LogP contribution in [0, 0.1) is 0 Å². The van der Waals surface area contributed by atoms with E-state index in [0.29, 0.717) is 36.2 Å². The van der Waals surface area contributed by atoms with Crippen molar-refractivity contribution in [3.63, 3.8) is 0 Å². The summed E-state index contributed by atoms with van der Waals surface area (Å²) in [5.74, 6) is 0.286. The first-order chi connectivity index (χ1) is 8.72. The third kappa shape index (κ3) is 2.91. The maximum Gasteiger partial charge on any atom is 0.339 e. The fourth-order valence-electron chi connectivity index (χ4n) is 1.76. The Morgan fingerprint density at radius 3 is 2.89 bits per heavy atom. The molecule has 1 aromatic rings. The molecule has 0 bridgehead atoms. The van der Waals surface area contributed by atoms with Crippen molar-refractivity contribution in [3.8, 4) is 0 Å². The molecule has 1 aliphatic heterocycles. The summed E-state index contributed by atoms with van der Waals surface area (Å²) < 4.78 is 10.2. The standard InChI is InChI=1S/C12H15ClN2O3/c1-2-18-12(16)9-7-10(13)11(14-8-9)15-3-5-17-6-4-15/h7-8H,2-6H2,1H3. The minimum Gasteiger partial charge on any atom is -0.462 e. The van der Waals surface area contributed by atoms with E-state index >= 15 is 0 Å². The van der Waals surface area contributed by atoms with E-state index in [1.807, 2.05) is 4.90 Å². The van der Waals surface area contributed by atoms with Crippen LogP contribution in [0.15, 0.2) is 12.3 Å². The zero-order valence-corrected chi connectivity index (χ0v) is 10.9. The van der Waals surface area contributed by atoms with Crippen LogP contribution in [-0.2, 0) is 9.47 Å². The number of hydrogen-bond acceptors (Lipinski definition) is 5. The molecule has 0 amide bonds. The molecule has 0 N–H and O–H groups in total. The van der Waals surface area contributed by atoms with Crippen molar-refractivity contribution in [3.05, 3.63) is 22.8 Å². The van der Waals surface area contributed by atoms with Crippen LogP contribution in [0.1, 0.15) is 17.3 Å². The van der Waals surface area contributed by atoms with Crippen LogP contribution in [0.4, 0.5) is 5.82 Å². The van der Waals surface area contributed by atoms with Gasteiger partial charge in [-0.2, -0.15) is 0 Å². The monoisotopic (exact) mass is 270 g/mol. The van der Waals surface area contributed by atoms with E-state index in [2.05, 4.69) is 4.98 Å². The fourth-order valence-corrected chi connectivity index (χ4v) is 2.05. The molecule has 0 saturated carbocycles.